The maximum Gasteiger partial charge on any atom is 0.262 e. The Kier molecular flexibility index (Phi) is 7.69. The number of methoxy groups -OCH3 is 1. The average molecular weight is 490 g/mol. The van der Waals surface area contributed by atoms with Gasteiger partial charge in [0.1, 0.15) is 0 Å². The van der Waals surface area contributed by atoms with E-state index in [1.165, 1.54) is 11.8 Å². The van der Waals surface area contributed by atoms with Crippen LogP contribution in [0.15, 0.2) is 63.0 Å². The number of anilines is 1. The SMILES string of the molecule is CCN(C(=O)C(C)Sc1nc2ccc(Br)cc2c(=O)n1CCOC)c1ccccc1. The predicted octanol–water partition coefficient (Wildman–Crippen LogP) is 4.34. The van der Waals surface area contributed by atoms with Crippen LogP contribution in [0, 0.1) is 0 Å². The Labute approximate surface area is 188 Å². The largest absolute Gasteiger partial charge is 0.383 e. The molecule has 0 aliphatic rings. The van der Waals surface area contributed by atoms with Crippen LogP contribution in [-0.2, 0) is 16.1 Å². The molecule has 30 heavy (non-hydrogen) atoms. The fraction of sp³-hybridized carbons (Fsp3) is 0.318. The molecule has 0 bridgehead atoms. The number of thioether (sulfide) groups is 1. The lowest BCUT2D eigenvalue weighted by molar-refractivity contribution is -0.117. The van der Waals surface area contributed by atoms with Crippen LogP contribution >= 0.6 is 27.7 Å². The number of rotatable bonds is 8. The van der Waals surface area contributed by atoms with Gasteiger partial charge in [0.2, 0.25) is 5.91 Å². The first kappa shape index (κ1) is 22.5. The summed E-state index contributed by atoms with van der Waals surface area (Å²) in [4.78, 5) is 32.7. The highest BCUT2D eigenvalue weighted by Gasteiger charge is 2.24. The number of aromatic nitrogens is 2. The summed E-state index contributed by atoms with van der Waals surface area (Å²) >= 11 is 4.71. The highest BCUT2D eigenvalue weighted by atomic mass is 79.9. The average Bonchev–Trinajstić information content (AvgIpc) is 2.75. The van der Waals surface area contributed by atoms with E-state index in [9.17, 15) is 9.59 Å². The molecule has 1 unspecified atom stereocenters. The minimum absolute atomic E-state index is 0.0304. The van der Waals surface area contributed by atoms with Crippen molar-refractivity contribution in [3.8, 4) is 0 Å². The van der Waals surface area contributed by atoms with Crippen LogP contribution in [0.3, 0.4) is 0 Å². The minimum Gasteiger partial charge on any atom is -0.383 e. The molecular formula is C22H24BrN3O3S. The number of benzene rings is 2. The van der Waals surface area contributed by atoms with Crippen LogP contribution in [0.2, 0.25) is 0 Å². The maximum atomic E-state index is 13.2. The molecule has 3 rings (SSSR count). The van der Waals surface area contributed by atoms with Crippen LogP contribution in [0.5, 0.6) is 0 Å². The van der Waals surface area contributed by atoms with Gasteiger partial charge in [-0.25, -0.2) is 4.98 Å². The zero-order chi connectivity index (χ0) is 21.7. The van der Waals surface area contributed by atoms with Crippen molar-refractivity contribution in [3.63, 3.8) is 0 Å². The Hall–Kier alpha value is -2.16. The van der Waals surface area contributed by atoms with Gasteiger partial charge in [-0.2, -0.15) is 0 Å². The summed E-state index contributed by atoms with van der Waals surface area (Å²) in [6.45, 7) is 5.09. The first-order valence-corrected chi connectivity index (χ1v) is 11.4. The zero-order valence-corrected chi connectivity index (χ0v) is 19.6. The van der Waals surface area contributed by atoms with Crippen LogP contribution in [0.4, 0.5) is 5.69 Å². The second kappa shape index (κ2) is 10.2. The summed E-state index contributed by atoms with van der Waals surface area (Å²) in [7, 11) is 1.59. The Morgan fingerprint density at radius 1 is 1.27 bits per heavy atom. The molecular weight excluding hydrogens is 466 g/mol. The number of hydrogen-bond acceptors (Lipinski definition) is 5. The van der Waals surface area contributed by atoms with Gasteiger partial charge in [0.05, 0.1) is 29.3 Å². The molecule has 1 atom stereocenters. The molecule has 6 nitrogen and oxygen atoms in total. The van der Waals surface area contributed by atoms with Crippen molar-refractivity contribution < 1.29 is 9.53 Å². The van der Waals surface area contributed by atoms with Crippen LogP contribution in [-0.4, -0.2) is 41.0 Å². The normalized spacial score (nSPS) is 12.1. The quantitative estimate of drug-likeness (QED) is 0.347. The molecule has 158 valence electrons. The lowest BCUT2D eigenvalue weighted by atomic mass is 10.2. The van der Waals surface area contributed by atoms with Gasteiger partial charge in [-0.15, -0.1) is 0 Å². The third kappa shape index (κ3) is 4.94. The number of para-hydroxylation sites is 1. The van der Waals surface area contributed by atoms with Gasteiger partial charge >= 0.3 is 0 Å². The molecule has 8 heteroatoms. The van der Waals surface area contributed by atoms with Crippen molar-refractivity contribution in [1.29, 1.82) is 0 Å². The summed E-state index contributed by atoms with van der Waals surface area (Å²) in [5, 5.41) is 0.624. The molecule has 0 saturated carbocycles. The molecule has 0 spiro atoms. The molecule has 0 fully saturated rings. The predicted molar refractivity (Wildman–Crippen MR) is 125 cm³/mol. The Morgan fingerprint density at radius 2 is 2.00 bits per heavy atom. The van der Waals surface area contributed by atoms with Crippen molar-refractivity contribution in [2.45, 2.75) is 30.8 Å². The second-order valence-corrected chi connectivity index (χ2v) is 8.91. The number of ether oxygens (including phenoxy) is 1. The number of carbonyl (C=O) groups excluding carboxylic acids is 1. The molecule has 2 aromatic carbocycles. The van der Waals surface area contributed by atoms with Gasteiger partial charge < -0.3 is 9.64 Å². The van der Waals surface area contributed by atoms with E-state index < -0.39 is 5.25 Å². The molecule has 1 aromatic heterocycles. The fourth-order valence-corrected chi connectivity index (χ4v) is 4.50. The van der Waals surface area contributed by atoms with E-state index in [2.05, 4.69) is 20.9 Å². The molecule has 1 heterocycles. The van der Waals surface area contributed by atoms with Gasteiger partial charge in [0.25, 0.3) is 5.56 Å². The Bertz CT molecular complexity index is 1090. The Balaban J connectivity index is 1.96. The van der Waals surface area contributed by atoms with Gasteiger partial charge in [0, 0.05) is 23.8 Å². The maximum absolute atomic E-state index is 13.2. The monoisotopic (exact) mass is 489 g/mol. The molecule has 1 amide bonds. The van der Waals surface area contributed by atoms with E-state index in [0.29, 0.717) is 35.8 Å². The fourth-order valence-electron chi connectivity index (χ4n) is 3.14. The van der Waals surface area contributed by atoms with Gasteiger partial charge in [-0.05, 0) is 44.2 Å². The van der Waals surface area contributed by atoms with Gasteiger partial charge in [-0.1, -0.05) is 45.9 Å². The summed E-state index contributed by atoms with van der Waals surface area (Å²) < 4.78 is 7.58. The van der Waals surface area contributed by atoms with E-state index in [-0.39, 0.29) is 11.5 Å². The first-order chi connectivity index (χ1) is 14.5. The summed E-state index contributed by atoms with van der Waals surface area (Å²) in [6, 6.07) is 15.0. The number of hydrogen-bond donors (Lipinski definition) is 0. The van der Waals surface area contributed by atoms with Crippen molar-refractivity contribution in [2.24, 2.45) is 0 Å². The van der Waals surface area contributed by atoms with E-state index in [0.717, 1.165) is 10.2 Å². The standard InChI is InChI=1S/C22H24BrN3O3S/c1-4-25(17-8-6-5-7-9-17)20(27)15(2)30-22-24-19-11-10-16(23)14-18(19)21(28)26(22)12-13-29-3/h5-11,14-15H,4,12-13H2,1-3H3. The number of nitrogens with zero attached hydrogens (tertiary/aromatic N) is 3. The highest BCUT2D eigenvalue weighted by Crippen LogP contribution is 2.26. The Morgan fingerprint density at radius 3 is 2.67 bits per heavy atom. The molecule has 0 saturated heterocycles. The number of halogens is 1. The van der Waals surface area contributed by atoms with Crippen LogP contribution in [0.25, 0.3) is 10.9 Å². The van der Waals surface area contributed by atoms with Crippen molar-refractivity contribution in [2.75, 3.05) is 25.2 Å². The van der Waals surface area contributed by atoms with E-state index >= 15 is 0 Å². The van der Waals surface area contributed by atoms with E-state index in [1.54, 1.807) is 28.7 Å². The summed E-state index contributed by atoms with van der Waals surface area (Å²) in [6.07, 6.45) is 0. The van der Waals surface area contributed by atoms with Crippen LogP contribution < -0.4 is 10.5 Å². The van der Waals surface area contributed by atoms with Crippen LogP contribution in [0.1, 0.15) is 13.8 Å². The number of amides is 1. The van der Waals surface area contributed by atoms with Crippen molar-refractivity contribution in [1.82, 2.24) is 9.55 Å². The third-order valence-corrected chi connectivity index (χ3v) is 6.25. The van der Waals surface area contributed by atoms with E-state index in [4.69, 9.17) is 4.74 Å². The lowest BCUT2D eigenvalue weighted by Gasteiger charge is -2.24. The zero-order valence-electron chi connectivity index (χ0n) is 17.2. The number of fused-ring (bicyclic) bond motifs is 1. The molecule has 0 aliphatic carbocycles. The molecule has 0 aliphatic heterocycles. The third-order valence-electron chi connectivity index (χ3n) is 4.68. The van der Waals surface area contributed by atoms with Gasteiger partial charge in [-0.3, -0.25) is 14.2 Å². The molecule has 0 radical (unpaired) electrons. The second-order valence-electron chi connectivity index (χ2n) is 6.68. The number of carbonyl (C=O) groups is 1. The smallest absolute Gasteiger partial charge is 0.262 e. The first-order valence-electron chi connectivity index (χ1n) is 9.68. The molecule has 3 aromatic rings. The highest BCUT2D eigenvalue weighted by molar-refractivity contribution is 9.10. The summed E-state index contributed by atoms with van der Waals surface area (Å²) in [5.41, 5.74) is 1.32. The van der Waals surface area contributed by atoms with Crippen molar-refractivity contribution >= 4 is 50.2 Å². The topological polar surface area (TPSA) is 64.4 Å². The minimum atomic E-state index is -0.418. The van der Waals surface area contributed by atoms with E-state index in [1.807, 2.05) is 50.2 Å². The van der Waals surface area contributed by atoms with Crippen molar-refractivity contribution in [3.05, 3.63) is 63.4 Å². The van der Waals surface area contributed by atoms with Gasteiger partial charge in [0.15, 0.2) is 5.16 Å². The summed E-state index contributed by atoms with van der Waals surface area (Å²) in [5.74, 6) is -0.0304. The molecule has 0 N–H and O–H groups in total. The lowest BCUT2D eigenvalue weighted by Crippen LogP contribution is -2.37.